The summed E-state index contributed by atoms with van der Waals surface area (Å²) in [4.78, 5) is 19.9. The second-order valence-corrected chi connectivity index (χ2v) is 8.82. The lowest BCUT2D eigenvalue weighted by atomic mass is 10.1. The van der Waals surface area contributed by atoms with Crippen molar-refractivity contribution < 1.29 is 4.79 Å². The fourth-order valence-electron chi connectivity index (χ4n) is 4.22. The number of fused-ring (bicyclic) bond motifs is 3. The van der Waals surface area contributed by atoms with Crippen LogP contribution in [0.15, 0.2) is 77.3 Å². The zero-order valence-corrected chi connectivity index (χ0v) is 18.8. The largest absolute Gasteiger partial charge is 0.326 e. The highest BCUT2D eigenvalue weighted by molar-refractivity contribution is 9.10. The van der Waals surface area contributed by atoms with Crippen molar-refractivity contribution >= 4 is 38.6 Å². The molecule has 0 aliphatic carbocycles. The summed E-state index contributed by atoms with van der Waals surface area (Å²) >= 11 is 3.41. The van der Waals surface area contributed by atoms with Crippen LogP contribution in [-0.4, -0.2) is 26.9 Å². The maximum Gasteiger partial charge on any atom is 0.255 e. The van der Waals surface area contributed by atoms with Crippen LogP contribution in [0.1, 0.15) is 34.7 Å². The number of carbonyl (C=O) groups excluding carboxylic acids is 1. The molecule has 0 saturated carbocycles. The smallest absolute Gasteiger partial charge is 0.255 e. The van der Waals surface area contributed by atoms with Gasteiger partial charge in [0.15, 0.2) is 0 Å². The van der Waals surface area contributed by atoms with Gasteiger partial charge in [0, 0.05) is 34.9 Å². The van der Waals surface area contributed by atoms with Crippen molar-refractivity contribution in [3.63, 3.8) is 0 Å². The van der Waals surface area contributed by atoms with Crippen LogP contribution in [0.25, 0.3) is 11.0 Å². The van der Waals surface area contributed by atoms with Crippen LogP contribution in [0.4, 0.5) is 5.69 Å². The minimum Gasteiger partial charge on any atom is -0.326 e. The molecule has 0 spiro atoms. The minimum absolute atomic E-state index is 0.132. The SMILES string of the molecule is C[C@H](c1ccccc1)N1CCn2c(nc3cc(NC(=O)c4cccc(Br)c4)ccc32)C1. The molecule has 4 aromatic rings. The van der Waals surface area contributed by atoms with E-state index in [9.17, 15) is 4.79 Å². The first-order valence-corrected chi connectivity index (χ1v) is 11.2. The number of imidazole rings is 1. The van der Waals surface area contributed by atoms with Gasteiger partial charge in [0.25, 0.3) is 5.91 Å². The lowest BCUT2D eigenvalue weighted by Gasteiger charge is -2.33. The van der Waals surface area contributed by atoms with E-state index >= 15 is 0 Å². The van der Waals surface area contributed by atoms with Crippen molar-refractivity contribution in [2.45, 2.75) is 26.1 Å². The van der Waals surface area contributed by atoms with Gasteiger partial charge in [-0.05, 0) is 48.9 Å². The zero-order valence-electron chi connectivity index (χ0n) is 17.3. The van der Waals surface area contributed by atoms with Crippen molar-refractivity contribution in [2.75, 3.05) is 11.9 Å². The van der Waals surface area contributed by atoms with Crippen molar-refractivity contribution in [3.8, 4) is 0 Å². The summed E-state index contributed by atoms with van der Waals surface area (Å²) < 4.78 is 3.18. The first-order chi connectivity index (χ1) is 15.1. The molecule has 1 aliphatic heterocycles. The standard InChI is InChI=1S/C25H23BrN4O/c1-17(18-6-3-2-4-7-18)29-12-13-30-23-11-10-21(15-22(23)28-24(30)16-29)27-25(31)19-8-5-9-20(26)14-19/h2-11,14-15,17H,12-13,16H2,1H3,(H,27,31)/t17-/m1/s1. The van der Waals surface area contributed by atoms with Crippen LogP contribution in [-0.2, 0) is 13.1 Å². The summed E-state index contributed by atoms with van der Waals surface area (Å²) in [6.07, 6.45) is 0. The summed E-state index contributed by atoms with van der Waals surface area (Å²) in [5.41, 5.74) is 4.72. The van der Waals surface area contributed by atoms with Crippen molar-refractivity contribution in [1.29, 1.82) is 0 Å². The average molecular weight is 475 g/mol. The first-order valence-electron chi connectivity index (χ1n) is 10.4. The third-order valence-electron chi connectivity index (χ3n) is 5.96. The lowest BCUT2D eigenvalue weighted by molar-refractivity contribution is 0.102. The fourth-order valence-corrected chi connectivity index (χ4v) is 4.62. The number of hydrogen-bond donors (Lipinski definition) is 1. The van der Waals surface area contributed by atoms with Gasteiger partial charge < -0.3 is 9.88 Å². The van der Waals surface area contributed by atoms with Crippen molar-refractivity contribution in [2.24, 2.45) is 0 Å². The van der Waals surface area contributed by atoms with Gasteiger partial charge in [-0.15, -0.1) is 0 Å². The van der Waals surface area contributed by atoms with Crippen LogP contribution >= 0.6 is 15.9 Å². The molecule has 0 bridgehead atoms. The Morgan fingerprint density at radius 1 is 1.03 bits per heavy atom. The van der Waals surface area contributed by atoms with E-state index in [4.69, 9.17) is 4.98 Å². The molecule has 1 N–H and O–H groups in total. The molecule has 0 fully saturated rings. The molecule has 1 aromatic heterocycles. The number of halogens is 1. The van der Waals surface area contributed by atoms with Gasteiger partial charge in [-0.3, -0.25) is 9.69 Å². The summed E-state index contributed by atoms with van der Waals surface area (Å²) in [6, 6.07) is 24.3. The second kappa shape index (κ2) is 8.29. The second-order valence-electron chi connectivity index (χ2n) is 7.90. The fraction of sp³-hybridized carbons (Fsp3) is 0.200. The van der Waals surface area contributed by atoms with Crippen molar-refractivity contribution in [3.05, 3.63) is 94.2 Å². The Bertz CT molecular complexity index is 1250. The highest BCUT2D eigenvalue weighted by Gasteiger charge is 2.24. The lowest BCUT2D eigenvalue weighted by Crippen LogP contribution is -2.35. The molecular formula is C25H23BrN4O. The highest BCUT2D eigenvalue weighted by atomic mass is 79.9. The minimum atomic E-state index is -0.132. The number of nitrogens with one attached hydrogen (secondary N) is 1. The maximum atomic E-state index is 12.6. The van der Waals surface area contributed by atoms with Gasteiger partial charge in [-0.25, -0.2) is 4.98 Å². The molecule has 5 rings (SSSR count). The monoisotopic (exact) mass is 474 g/mol. The van der Waals surface area contributed by atoms with Crippen LogP contribution < -0.4 is 5.32 Å². The molecule has 0 radical (unpaired) electrons. The molecule has 31 heavy (non-hydrogen) atoms. The maximum absolute atomic E-state index is 12.6. The predicted octanol–water partition coefficient (Wildman–Crippen LogP) is 5.63. The van der Waals surface area contributed by atoms with Gasteiger partial charge in [0.05, 0.1) is 17.6 Å². The van der Waals surface area contributed by atoms with Gasteiger partial charge in [0.1, 0.15) is 5.82 Å². The van der Waals surface area contributed by atoms with E-state index < -0.39 is 0 Å². The normalized spacial score (nSPS) is 14.9. The van der Waals surface area contributed by atoms with E-state index in [0.29, 0.717) is 11.6 Å². The quantitative estimate of drug-likeness (QED) is 0.417. The Morgan fingerprint density at radius 2 is 1.87 bits per heavy atom. The predicted molar refractivity (Wildman–Crippen MR) is 127 cm³/mol. The molecule has 1 amide bonds. The molecule has 6 heteroatoms. The van der Waals surface area contributed by atoms with E-state index in [1.807, 2.05) is 30.3 Å². The number of carbonyl (C=O) groups is 1. The number of aromatic nitrogens is 2. The number of rotatable bonds is 4. The number of benzene rings is 3. The van der Waals surface area contributed by atoms with Gasteiger partial charge in [-0.1, -0.05) is 52.3 Å². The third-order valence-corrected chi connectivity index (χ3v) is 6.45. The van der Waals surface area contributed by atoms with E-state index in [1.165, 1.54) is 5.56 Å². The van der Waals surface area contributed by atoms with Crippen LogP contribution in [0.2, 0.25) is 0 Å². The number of nitrogens with zero attached hydrogens (tertiary/aromatic N) is 3. The first kappa shape index (κ1) is 20.0. The van der Waals surface area contributed by atoms with E-state index in [2.05, 4.69) is 74.0 Å². The number of anilines is 1. The zero-order chi connectivity index (χ0) is 21.4. The van der Waals surface area contributed by atoms with Crippen LogP contribution in [0, 0.1) is 0 Å². The number of hydrogen-bond acceptors (Lipinski definition) is 3. The average Bonchev–Trinajstić information content (AvgIpc) is 3.16. The summed E-state index contributed by atoms with van der Waals surface area (Å²) in [6.45, 7) is 4.95. The van der Waals surface area contributed by atoms with E-state index in [1.54, 1.807) is 6.07 Å². The Balaban J connectivity index is 1.37. The molecule has 156 valence electrons. The summed E-state index contributed by atoms with van der Waals surface area (Å²) in [5, 5.41) is 2.99. The Morgan fingerprint density at radius 3 is 2.68 bits per heavy atom. The van der Waals surface area contributed by atoms with E-state index in [-0.39, 0.29) is 5.91 Å². The Hall–Kier alpha value is -2.96. The van der Waals surface area contributed by atoms with Gasteiger partial charge >= 0.3 is 0 Å². The molecular weight excluding hydrogens is 452 g/mol. The highest BCUT2D eigenvalue weighted by Crippen LogP contribution is 2.28. The van der Waals surface area contributed by atoms with Gasteiger partial charge in [0.2, 0.25) is 0 Å². The van der Waals surface area contributed by atoms with Gasteiger partial charge in [-0.2, -0.15) is 0 Å². The van der Waals surface area contributed by atoms with Crippen LogP contribution in [0.3, 0.4) is 0 Å². The Labute approximate surface area is 189 Å². The Kier molecular flexibility index (Phi) is 5.34. The van der Waals surface area contributed by atoms with Crippen LogP contribution in [0.5, 0.6) is 0 Å². The summed E-state index contributed by atoms with van der Waals surface area (Å²) in [7, 11) is 0. The molecule has 1 aliphatic rings. The molecule has 0 unspecified atom stereocenters. The summed E-state index contributed by atoms with van der Waals surface area (Å²) in [5.74, 6) is 0.937. The topological polar surface area (TPSA) is 50.2 Å². The molecule has 0 saturated heterocycles. The van der Waals surface area contributed by atoms with E-state index in [0.717, 1.165) is 46.7 Å². The number of amides is 1. The molecule has 1 atom stereocenters. The van der Waals surface area contributed by atoms with Crippen molar-refractivity contribution in [1.82, 2.24) is 14.5 Å². The molecule has 2 heterocycles. The molecule has 3 aromatic carbocycles. The molecule has 5 nitrogen and oxygen atoms in total. The third kappa shape index (κ3) is 4.01.